The minimum Gasteiger partial charge on any atom is -0.497 e. The highest BCUT2D eigenvalue weighted by Gasteiger charge is 2.15. The van der Waals surface area contributed by atoms with Crippen LogP contribution in [0, 0.1) is 0 Å². The molecule has 0 radical (unpaired) electrons. The minimum atomic E-state index is 0.240. The molecule has 18 heavy (non-hydrogen) atoms. The highest BCUT2D eigenvalue weighted by molar-refractivity contribution is 7.10. The Balaban J connectivity index is 2.18. The molecule has 0 aliphatic heterocycles. The molecule has 0 spiro atoms. The van der Waals surface area contributed by atoms with E-state index in [4.69, 9.17) is 16.3 Å². The fourth-order valence-corrected chi connectivity index (χ4v) is 3.21. The summed E-state index contributed by atoms with van der Waals surface area (Å²) in [5.74, 6) is 0.889. The third-order valence-electron chi connectivity index (χ3n) is 2.88. The zero-order chi connectivity index (χ0) is 13.0. The SMILES string of the molecule is CNC(Cc1cccc(OC)c1)c1sccc1Cl. The lowest BCUT2D eigenvalue weighted by molar-refractivity contribution is 0.414. The van der Waals surface area contributed by atoms with E-state index in [1.807, 2.05) is 30.6 Å². The van der Waals surface area contributed by atoms with Crippen LogP contribution in [0.1, 0.15) is 16.5 Å². The molecule has 1 aromatic heterocycles. The maximum Gasteiger partial charge on any atom is 0.119 e. The van der Waals surface area contributed by atoms with E-state index in [-0.39, 0.29) is 6.04 Å². The maximum absolute atomic E-state index is 6.18. The van der Waals surface area contributed by atoms with Gasteiger partial charge in [-0.25, -0.2) is 0 Å². The van der Waals surface area contributed by atoms with Crippen LogP contribution in [0.15, 0.2) is 35.7 Å². The van der Waals surface area contributed by atoms with Crippen LogP contribution in [0.25, 0.3) is 0 Å². The molecule has 1 N–H and O–H groups in total. The van der Waals surface area contributed by atoms with E-state index in [2.05, 4.69) is 17.4 Å². The summed E-state index contributed by atoms with van der Waals surface area (Å²) in [5.41, 5.74) is 1.23. The molecular weight excluding hydrogens is 266 g/mol. The fraction of sp³-hybridized carbons (Fsp3) is 0.286. The van der Waals surface area contributed by atoms with Gasteiger partial charge in [-0.1, -0.05) is 23.7 Å². The predicted molar refractivity (Wildman–Crippen MR) is 77.8 cm³/mol. The second-order valence-corrected chi connectivity index (χ2v) is 5.38. The first-order valence-electron chi connectivity index (χ1n) is 5.77. The van der Waals surface area contributed by atoms with E-state index in [9.17, 15) is 0 Å². The van der Waals surface area contributed by atoms with Crippen molar-refractivity contribution in [3.8, 4) is 5.75 Å². The maximum atomic E-state index is 6.18. The van der Waals surface area contributed by atoms with Crippen LogP contribution in [-0.4, -0.2) is 14.2 Å². The molecule has 0 fully saturated rings. The van der Waals surface area contributed by atoms with Gasteiger partial charge in [-0.05, 0) is 42.6 Å². The van der Waals surface area contributed by atoms with Crippen LogP contribution in [0.2, 0.25) is 5.02 Å². The molecule has 0 bridgehead atoms. The van der Waals surface area contributed by atoms with Crippen molar-refractivity contribution in [2.45, 2.75) is 12.5 Å². The Morgan fingerprint density at radius 3 is 2.83 bits per heavy atom. The molecule has 1 atom stereocenters. The molecule has 1 aromatic carbocycles. The Labute approximate surface area is 117 Å². The molecule has 1 heterocycles. The molecule has 0 saturated carbocycles. The normalized spacial score (nSPS) is 12.4. The Bertz CT molecular complexity index is 512. The molecule has 0 aliphatic carbocycles. The van der Waals surface area contributed by atoms with Gasteiger partial charge in [0.1, 0.15) is 5.75 Å². The summed E-state index contributed by atoms with van der Waals surface area (Å²) in [6, 6.07) is 10.3. The van der Waals surface area contributed by atoms with Gasteiger partial charge in [0.15, 0.2) is 0 Å². The van der Waals surface area contributed by atoms with Crippen molar-refractivity contribution in [1.29, 1.82) is 0 Å². The predicted octanol–water partition coefficient (Wildman–Crippen LogP) is 3.91. The summed E-state index contributed by atoms with van der Waals surface area (Å²) < 4.78 is 5.24. The first-order valence-corrected chi connectivity index (χ1v) is 7.03. The molecule has 2 aromatic rings. The number of hydrogen-bond acceptors (Lipinski definition) is 3. The van der Waals surface area contributed by atoms with Crippen molar-refractivity contribution in [3.05, 3.63) is 51.2 Å². The van der Waals surface area contributed by atoms with Gasteiger partial charge in [-0.2, -0.15) is 0 Å². The van der Waals surface area contributed by atoms with Gasteiger partial charge in [0.2, 0.25) is 0 Å². The van der Waals surface area contributed by atoms with Gasteiger partial charge >= 0.3 is 0 Å². The minimum absolute atomic E-state index is 0.240. The average molecular weight is 282 g/mol. The molecular formula is C14H16ClNOS. The van der Waals surface area contributed by atoms with Crippen molar-refractivity contribution >= 4 is 22.9 Å². The molecule has 2 rings (SSSR count). The summed E-state index contributed by atoms with van der Waals surface area (Å²) in [6.07, 6.45) is 0.897. The Morgan fingerprint density at radius 2 is 2.22 bits per heavy atom. The number of hydrogen-bond donors (Lipinski definition) is 1. The van der Waals surface area contributed by atoms with E-state index in [1.165, 1.54) is 10.4 Å². The molecule has 4 heteroatoms. The summed E-state index contributed by atoms with van der Waals surface area (Å²) >= 11 is 7.87. The average Bonchev–Trinajstić information content (AvgIpc) is 2.82. The van der Waals surface area contributed by atoms with Crippen molar-refractivity contribution < 1.29 is 4.74 Å². The lowest BCUT2D eigenvalue weighted by atomic mass is 10.0. The van der Waals surface area contributed by atoms with Gasteiger partial charge < -0.3 is 10.1 Å². The smallest absolute Gasteiger partial charge is 0.119 e. The molecule has 1 unspecified atom stereocenters. The zero-order valence-electron chi connectivity index (χ0n) is 10.4. The number of thiophene rings is 1. The summed E-state index contributed by atoms with van der Waals surface area (Å²) in [7, 11) is 3.64. The zero-order valence-corrected chi connectivity index (χ0v) is 12.0. The summed E-state index contributed by atoms with van der Waals surface area (Å²) in [5, 5.41) is 6.17. The third-order valence-corrected chi connectivity index (χ3v) is 4.36. The highest BCUT2D eigenvalue weighted by atomic mass is 35.5. The molecule has 0 aliphatic rings. The van der Waals surface area contributed by atoms with E-state index < -0.39 is 0 Å². The quantitative estimate of drug-likeness (QED) is 0.897. The lowest BCUT2D eigenvalue weighted by Gasteiger charge is -2.15. The second kappa shape index (κ2) is 6.23. The van der Waals surface area contributed by atoms with E-state index >= 15 is 0 Å². The number of halogens is 1. The first-order chi connectivity index (χ1) is 8.74. The Kier molecular flexibility index (Phi) is 4.64. The van der Waals surface area contributed by atoms with Gasteiger partial charge in [0.25, 0.3) is 0 Å². The number of methoxy groups -OCH3 is 1. The standard InChI is InChI=1S/C14H16ClNOS/c1-16-13(14-12(15)6-7-18-14)9-10-4-3-5-11(8-10)17-2/h3-8,13,16H,9H2,1-2H3. The van der Waals surface area contributed by atoms with E-state index in [0.717, 1.165) is 17.2 Å². The fourth-order valence-electron chi connectivity index (χ4n) is 1.92. The van der Waals surface area contributed by atoms with Crippen molar-refractivity contribution in [2.24, 2.45) is 0 Å². The van der Waals surface area contributed by atoms with Crippen LogP contribution in [0.5, 0.6) is 5.75 Å². The highest BCUT2D eigenvalue weighted by Crippen LogP contribution is 2.31. The molecule has 96 valence electrons. The second-order valence-electron chi connectivity index (χ2n) is 4.03. The molecule has 0 saturated heterocycles. The number of nitrogens with one attached hydrogen (secondary N) is 1. The summed E-state index contributed by atoms with van der Waals surface area (Å²) in [6.45, 7) is 0. The Hall–Kier alpha value is -1.03. The Morgan fingerprint density at radius 1 is 1.39 bits per heavy atom. The van der Waals surface area contributed by atoms with Crippen molar-refractivity contribution in [1.82, 2.24) is 5.32 Å². The molecule has 2 nitrogen and oxygen atoms in total. The summed E-state index contributed by atoms with van der Waals surface area (Å²) in [4.78, 5) is 1.18. The third kappa shape index (κ3) is 3.05. The van der Waals surface area contributed by atoms with Gasteiger partial charge in [-0.15, -0.1) is 11.3 Å². The van der Waals surface area contributed by atoms with Gasteiger partial charge in [0.05, 0.1) is 12.1 Å². The van der Waals surface area contributed by atoms with Gasteiger partial charge in [0, 0.05) is 10.9 Å². The first kappa shape index (κ1) is 13.4. The lowest BCUT2D eigenvalue weighted by Crippen LogP contribution is -2.18. The number of benzene rings is 1. The number of rotatable bonds is 5. The van der Waals surface area contributed by atoms with E-state index in [1.54, 1.807) is 18.4 Å². The van der Waals surface area contributed by atoms with Gasteiger partial charge in [-0.3, -0.25) is 0 Å². The number of likely N-dealkylation sites (N-methyl/N-ethyl adjacent to an activating group) is 1. The van der Waals surface area contributed by atoms with E-state index in [0.29, 0.717) is 0 Å². The topological polar surface area (TPSA) is 21.3 Å². The van der Waals surface area contributed by atoms with Crippen LogP contribution < -0.4 is 10.1 Å². The van der Waals surface area contributed by atoms with Crippen LogP contribution in [0.4, 0.5) is 0 Å². The van der Waals surface area contributed by atoms with Crippen LogP contribution >= 0.6 is 22.9 Å². The van der Waals surface area contributed by atoms with Crippen molar-refractivity contribution in [3.63, 3.8) is 0 Å². The van der Waals surface area contributed by atoms with Crippen molar-refractivity contribution in [2.75, 3.05) is 14.2 Å². The van der Waals surface area contributed by atoms with Crippen LogP contribution in [0.3, 0.4) is 0 Å². The van der Waals surface area contributed by atoms with Crippen LogP contribution in [-0.2, 0) is 6.42 Å². The molecule has 0 amide bonds. The number of ether oxygens (including phenoxy) is 1. The monoisotopic (exact) mass is 281 g/mol. The largest absolute Gasteiger partial charge is 0.497 e.